The zero-order chi connectivity index (χ0) is 13.4. The number of carbonyl (C=O) groups is 1. The molecule has 1 aromatic rings. The molecule has 0 aromatic heterocycles. The number of hydrogen-bond donors (Lipinski definition) is 2. The highest BCUT2D eigenvalue weighted by molar-refractivity contribution is 5.99. The van der Waals surface area contributed by atoms with Crippen LogP contribution >= 0.6 is 0 Å². The summed E-state index contributed by atoms with van der Waals surface area (Å²) in [7, 11) is 1.70. The highest BCUT2D eigenvalue weighted by atomic mass is 16.5. The van der Waals surface area contributed by atoms with E-state index in [0.717, 1.165) is 31.4 Å². The van der Waals surface area contributed by atoms with E-state index in [1.807, 2.05) is 19.1 Å². The van der Waals surface area contributed by atoms with Crippen molar-refractivity contribution in [3.05, 3.63) is 29.3 Å². The molecule has 1 rings (SSSR count). The maximum Gasteiger partial charge on any atom is 0.253 e. The molecule has 0 bridgehead atoms. The third kappa shape index (κ3) is 4.75. The second-order valence-corrected chi connectivity index (χ2v) is 4.40. The molecule has 0 spiro atoms. The van der Waals surface area contributed by atoms with E-state index >= 15 is 0 Å². The average molecular weight is 250 g/mol. The van der Waals surface area contributed by atoms with Crippen molar-refractivity contribution < 1.29 is 9.53 Å². The molecular weight excluding hydrogens is 228 g/mol. The van der Waals surface area contributed by atoms with E-state index in [-0.39, 0.29) is 5.91 Å². The Kier molecular flexibility index (Phi) is 6.22. The first-order valence-electron chi connectivity index (χ1n) is 6.28. The highest BCUT2D eigenvalue weighted by Gasteiger charge is 2.08. The van der Waals surface area contributed by atoms with Crippen LogP contribution in [0.3, 0.4) is 0 Å². The van der Waals surface area contributed by atoms with Crippen molar-refractivity contribution in [2.45, 2.75) is 26.2 Å². The fourth-order valence-corrected chi connectivity index (χ4v) is 1.71. The Labute approximate surface area is 109 Å². The van der Waals surface area contributed by atoms with Crippen LogP contribution in [-0.4, -0.2) is 26.2 Å². The zero-order valence-corrected chi connectivity index (χ0v) is 11.2. The number of nitrogens with one attached hydrogen (secondary N) is 1. The van der Waals surface area contributed by atoms with Crippen LogP contribution in [0, 0.1) is 6.92 Å². The lowest BCUT2D eigenvalue weighted by molar-refractivity contribution is 0.0953. The predicted molar refractivity (Wildman–Crippen MR) is 73.7 cm³/mol. The Morgan fingerprint density at radius 1 is 1.33 bits per heavy atom. The summed E-state index contributed by atoms with van der Waals surface area (Å²) in [4.78, 5) is 11.9. The summed E-state index contributed by atoms with van der Waals surface area (Å²) in [6.07, 6.45) is 3.04. The standard InChI is InChI=1S/C14H22N2O2/c1-11-6-7-13(15)12(10-11)14(17)16-8-4-3-5-9-18-2/h6-7,10H,3-5,8-9,15H2,1-2H3,(H,16,17). The van der Waals surface area contributed by atoms with E-state index in [0.29, 0.717) is 17.8 Å². The summed E-state index contributed by atoms with van der Waals surface area (Å²) in [5, 5.41) is 2.88. The molecule has 0 fully saturated rings. The molecule has 4 heteroatoms. The molecule has 0 heterocycles. The number of anilines is 1. The molecule has 100 valence electrons. The normalized spacial score (nSPS) is 10.3. The number of nitrogens with two attached hydrogens (primary N) is 1. The smallest absolute Gasteiger partial charge is 0.253 e. The SMILES string of the molecule is COCCCCCNC(=O)c1cc(C)ccc1N. The van der Waals surface area contributed by atoms with Crippen molar-refractivity contribution in [2.75, 3.05) is 26.0 Å². The van der Waals surface area contributed by atoms with Crippen LogP contribution < -0.4 is 11.1 Å². The van der Waals surface area contributed by atoms with E-state index in [1.54, 1.807) is 13.2 Å². The Hall–Kier alpha value is -1.55. The van der Waals surface area contributed by atoms with Crippen LogP contribution in [0.4, 0.5) is 5.69 Å². The number of rotatable bonds is 7. The lowest BCUT2D eigenvalue weighted by atomic mass is 10.1. The molecule has 0 atom stereocenters. The number of carbonyl (C=O) groups excluding carboxylic acids is 1. The van der Waals surface area contributed by atoms with Gasteiger partial charge in [-0.05, 0) is 38.3 Å². The van der Waals surface area contributed by atoms with Gasteiger partial charge in [0.25, 0.3) is 5.91 Å². The first-order valence-corrected chi connectivity index (χ1v) is 6.28. The number of amides is 1. The summed E-state index contributed by atoms with van der Waals surface area (Å²) >= 11 is 0. The predicted octanol–water partition coefficient (Wildman–Crippen LogP) is 2.12. The number of benzene rings is 1. The van der Waals surface area contributed by atoms with Gasteiger partial charge in [-0.25, -0.2) is 0 Å². The molecule has 4 nitrogen and oxygen atoms in total. The third-order valence-corrected chi connectivity index (χ3v) is 2.76. The van der Waals surface area contributed by atoms with Crippen LogP contribution in [0.15, 0.2) is 18.2 Å². The molecule has 3 N–H and O–H groups in total. The van der Waals surface area contributed by atoms with Crippen molar-refractivity contribution in [1.29, 1.82) is 0 Å². The number of ether oxygens (including phenoxy) is 1. The average Bonchev–Trinajstić information content (AvgIpc) is 2.36. The molecule has 1 aromatic carbocycles. The van der Waals surface area contributed by atoms with Crippen molar-refractivity contribution in [3.63, 3.8) is 0 Å². The molecule has 0 saturated carbocycles. The number of aryl methyl sites for hydroxylation is 1. The van der Waals surface area contributed by atoms with Crippen LogP contribution in [-0.2, 0) is 4.74 Å². The van der Waals surface area contributed by atoms with Crippen LogP contribution in [0.1, 0.15) is 35.2 Å². The van der Waals surface area contributed by atoms with E-state index in [4.69, 9.17) is 10.5 Å². The van der Waals surface area contributed by atoms with Crippen LogP contribution in [0.25, 0.3) is 0 Å². The maximum atomic E-state index is 11.9. The van der Waals surface area contributed by atoms with Crippen molar-refractivity contribution >= 4 is 11.6 Å². The lowest BCUT2D eigenvalue weighted by Gasteiger charge is -2.08. The van der Waals surface area contributed by atoms with E-state index < -0.39 is 0 Å². The monoisotopic (exact) mass is 250 g/mol. The Morgan fingerprint density at radius 3 is 2.83 bits per heavy atom. The molecule has 0 saturated heterocycles. The minimum Gasteiger partial charge on any atom is -0.398 e. The molecule has 1 amide bonds. The Balaban J connectivity index is 2.34. The zero-order valence-electron chi connectivity index (χ0n) is 11.2. The van der Waals surface area contributed by atoms with Crippen molar-refractivity contribution in [3.8, 4) is 0 Å². The van der Waals surface area contributed by atoms with Gasteiger partial charge in [-0.15, -0.1) is 0 Å². The number of nitrogen functional groups attached to an aromatic ring is 1. The Bertz CT molecular complexity index is 391. The molecule has 0 aliphatic rings. The van der Waals surface area contributed by atoms with Gasteiger partial charge < -0.3 is 15.8 Å². The van der Waals surface area contributed by atoms with E-state index in [1.165, 1.54) is 0 Å². The summed E-state index contributed by atoms with van der Waals surface area (Å²) in [6.45, 7) is 3.40. The third-order valence-electron chi connectivity index (χ3n) is 2.76. The minimum atomic E-state index is -0.0945. The molecule has 0 aliphatic heterocycles. The number of methoxy groups -OCH3 is 1. The first-order chi connectivity index (χ1) is 8.65. The van der Waals surface area contributed by atoms with Crippen LogP contribution in [0.2, 0.25) is 0 Å². The summed E-state index contributed by atoms with van der Waals surface area (Å²) < 4.78 is 4.96. The van der Waals surface area contributed by atoms with Gasteiger partial charge in [0.05, 0.1) is 5.56 Å². The van der Waals surface area contributed by atoms with Gasteiger partial charge in [0.15, 0.2) is 0 Å². The summed E-state index contributed by atoms with van der Waals surface area (Å²) in [5.41, 5.74) is 7.91. The van der Waals surface area contributed by atoms with Crippen molar-refractivity contribution in [1.82, 2.24) is 5.32 Å². The van der Waals surface area contributed by atoms with E-state index in [2.05, 4.69) is 5.32 Å². The quantitative estimate of drug-likeness (QED) is 0.575. The number of unbranched alkanes of at least 4 members (excludes halogenated alkanes) is 2. The van der Waals surface area contributed by atoms with Gasteiger partial charge in [-0.1, -0.05) is 11.6 Å². The van der Waals surface area contributed by atoms with Gasteiger partial charge in [-0.2, -0.15) is 0 Å². The number of hydrogen-bond acceptors (Lipinski definition) is 3. The van der Waals surface area contributed by atoms with Gasteiger partial charge in [0.1, 0.15) is 0 Å². The lowest BCUT2D eigenvalue weighted by Crippen LogP contribution is -2.25. The fraction of sp³-hybridized carbons (Fsp3) is 0.500. The summed E-state index contributed by atoms with van der Waals surface area (Å²) in [5.74, 6) is -0.0945. The molecule has 0 aliphatic carbocycles. The van der Waals surface area contributed by atoms with E-state index in [9.17, 15) is 4.79 Å². The van der Waals surface area contributed by atoms with Gasteiger partial charge in [-0.3, -0.25) is 4.79 Å². The molecule has 0 unspecified atom stereocenters. The van der Waals surface area contributed by atoms with Crippen molar-refractivity contribution in [2.24, 2.45) is 0 Å². The van der Waals surface area contributed by atoms with Gasteiger partial charge >= 0.3 is 0 Å². The minimum absolute atomic E-state index is 0.0945. The molecule has 18 heavy (non-hydrogen) atoms. The Morgan fingerprint density at radius 2 is 2.11 bits per heavy atom. The fourth-order valence-electron chi connectivity index (χ4n) is 1.71. The van der Waals surface area contributed by atoms with Crippen LogP contribution in [0.5, 0.6) is 0 Å². The summed E-state index contributed by atoms with van der Waals surface area (Å²) in [6, 6.07) is 5.48. The second-order valence-electron chi connectivity index (χ2n) is 4.40. The topological polar surface area (TPSA) is 64.3 Å². The maximum absolute atomic E-state index is 11.9. The van der Waals surface area contributed by atoms with Gasteiger partial charge in [0, 0.05) is 25.9 Å². The second kappa shape index (κ2) is 7.71. The molecule has 0 radical (unpaired) electrons. The van der Waals surface area contributed by atoms with Gasteiger partial charge in [0.2, 0.25) is 0 Å². The molecular formula is C14H22N2O2. The largest absolute Gasteiger partial charge is 0.398 e. The first kappa shape index (κ1) is 14.5. The highest BCUT2D eigenvalue weighted by Crippen LogP contribution is 2.13.